The van der Waals surface area contributed by atoms with Crippen molar-refractivity contribution in [1.29, 1.82) is 0 Å². The van der Waals surface area contributed by atoms with E-state index in [1.807, 2.05) is 66.1 Å². The topological polar surface area (TPSA) is 59.3 Å². The number of aryl methyl sites for hydroxylation is 1. The van der Waals surface area contributed by atoms with E-state index in [0.717, 1.165) is 28.7 Å². The number of pyridine rings is 2. The van der Waals surface area contributed by atoms with Crippen LogP contribution in [0.4, 0.5) is 5.69 Å². The molecule has 0 atom stereocenters. The number of nitrogens with one attached hydrogen (secondary N) is 1. The van der Waals surface area contributed by atoms with E-state index in [4.69, 9.17) is 0 Å². The molecule has 0 aliphatic heterocycles. The standard InChI is InChI=1S/C19H16N4O/c1-2-16-22-18(15-10-3-4-12-23(15)16)19(24)21-14-9-5-7-13-8-6-11-20-17(13)14/h3-12H,2H2,1H3,(H,21,24). The molecule has 0 saturated heterocycles. The van der Waals surface area contributed by atoms with Crippen LogP contribution in [0.2, 0.25) is 0 Å². The zero-order valence-corrected chi connectivity index (χ0v) is 13.2. The number of carbonyl (C=O) groups is 1. The number of para-hydroxylation sites is 1. The third-order valence-electron chi connectivity index (χ3n) is 4.03. The van der Waals surface area contributed by atoms with E-state index < -0.39 is 0 Å². The molecule has 4 aromatic rings. The molecule has 0 radical (unpaired) electrons. The van der Waals surface area contributed by atoms with Crippen molar-refractivity contribution in [3.63, 3.8) is 0 Å². The smallest absolute Gasteiger partial charge is 0.276 e. The summed E-state index contributed by atoms with van der Waals surface area (Å²) in [6.45, 7) is 2.03. The second kappa shape index (κ2) is 5.77. The molecule has 118 valence electrons. The second-order valence-corrected chi connectivity index (χ2v) is 5.52. The van der Waals surface area contributed by atoms with Gasteiger partial charge in [-0.25, -0.2) is 4.98 Å². The molecule has 0 fully saturated rings. The van der Waals surface area contributed by atoms with E-state index >= 15 is 0 Å². The van der Waals surface area contributed by atoms with Gasteiger partial charge in [0.05, 0.1) is 16.7 Å². The summed E-state index contributed by atoms with van der Waals surface area (Å²) in [5, 5.41) is 3.94. The van der Waals surface area contributed by atoms with Gasteiger partial charge in [-0.05, 0) is 24.3 Å². The largest absolute Gasteiger partial charge is 0.319 e. The van der Waals surface area contributed by atoms with Gasteiger partial charge in [0.1, 0.15) is 5.82 Å². The molecule has 24 heavy (non-hydrogen) atoms. The van der Waals surface area contributed by atoms with Gasteiger partial charge in [0.25, 0.3) is 5.91 Å². The number of aromatic nitrogens is 3. The molecule has 4 rings (SSSR count). The Labute approximate surface area is 139 Å². The van der Waals surface area contributed by atoms with Crippen LogP contribution in [-0.2, 0) is 6.42 Å². The van der Waals surface area contributed by atoms with Crippen LogP contribution in [0.3, 0.4) is 0 Å². The molecule has 0 unspecified atom stereocenters. The lowest BCUT2D eigenvalue weighted by atomic mass is 10.2. The highest BCUT2D eigenvalue weighted by atomic mass is 16.1. The highest BCUT2D eigenvalue weighted by molar-refractivity contribution is 6.10. The van der Waals surface area contributed by atoms with E-state index in [2.05, 4.69) is 15.3 Å². The van der Waals surface area contributed by atoms with Crippen LogP contribution in [0.5, 0.6) is 0 Å². The van der Waals surface area contributed by atoms with Crippen molar-refractivity contribution >= 4 is 28.0 Å². The van der Waals surface area contributed by atoms with Crippen LogP contribution in [-0.4, -0.2) is 20.3 Å². The van der Waals surface area contributed by atoms with Crippen molar-refractivity contribution in [3.05, 3.63) is 72.4 Å². The number of carbonyl (C=O) groups excluding carboxylic acids is 1. The number of hydrogen-bond acceptors (Lipinski definition) is 3. The molecule has 0 aliphatic rings. The van der Waals surface area contributed by atoms with Gasteiger partial charge < -0.3 is 9.72 Å². The van der Waals surface area contributed by atoms with Crippen molar-refractivity contribution in [2.75, 3.05) is 5.32 Å². The van der Waals surface area contributed by atoms with Crippen molar-refractivity contribution in [2.24, 2.45) is 0 Å². The van der Waals surface area contributed by atoms with Gasteiger partial charge >= 0.3 is 0 Å². The van der Waals surface area contributed by atoms with E-state index in [0.29, 0.717) is 11.4 Å². The molecule has 1 N–H and O–H groups in total. The fraction of sp³-hybridized carbons (Fsp3) is 0.105. The Kier molecular flexibility index (Phi) is 3.46. The molecule has 0 aliphatic carbocycles. The van der Waals surface area contributed by atoms with Crippen molar-refractivity contribution in [3.8, 4) is 0 Å². The Balaban J connectivity index is 1.77. The number of imidazole rings is 1. The molecule has 1 amide bonds. The SMILES string of the molecule is CCc1nc(C(=O)Nc2cccc3cccnc23)c2ccccn12. The normalized spacial score (nSPS) is 11.0. The van der Waals surface area contributed by atoms with Crippen LogP contribution < -0.4 is 5.32 Å². The first-order chi connectivity index (χ1) is 11.8. The minimum Gasteiger partial charge on any atom is -0.319 e. The molecular weight excluding hydrogens is 300 g/mol. The van der Waals surface area contributed by atoms with Crippen LogP contribution in [0.25, 0.3) is 16.4 Å². The molecule has 3 heterocycles. The summed E-state index contributed by atoms with van der Waals surface area (Å²) < 4.78 is 1.95. The lowest BCUT2D eigenvalue weighted by molar-refractivity contribution is 0.102. The molecule has 1 aromatic carbocycles. The van der Waals surface area contributed by atoms with Crippen molar-refractivity contribution in [2.45, 2.75) is 13.3 Å². The maximum atomic E-state index is 12.8. The number of benzene rings is 1. The summed E-state index contributed by atoms with van der Waals surface area (Å²) in [5.41, 5.74) is 2.70. The Morgan fingerprint density at radius 3 is 2.88 bits per heavy atom. The average molecular weight is 316 g/mol. The lowest BCUT2D eigenvalue weighted by Gasteiger charge is -2.07. The van der Waals surface area contributed by atoms with Crippen LogP contribution in [0.15, 0.2) is 60.9 Å². The first-order valence-electron chi connectivity index (χ1n) is 7.89. The fourth-order valence-corrected chi connectivity index (χ4v) is 2.90. The van der Waals surface area contributed by atoms with Gasteiger partial charge in [0.2, 0.25) is 0 Å². The Morgan fingerprint density at radius 1 is 1.12 bits per heavy atom. The van der Waals surface area contributed by atoms with Crippen molar-refractivity contribution in [1.82, 2.24) is 14.4 Å². The predicted octanol–water partition coefficient (Wildman–Crippen LogP) is 3.70. The number of rotatable bonds is 3. The maximum absolute atomic E-state index is 12.8. The zero-order valence-electron chi connectivity index (χ0n) is 13.2. The van der Waals surface area contributed by atoms with E-state index in [1.54, 1.807) is 6.20 Å². The second-order valence-electron chi connectivity index (χ2n) is 5.52. The van der Waals surface area contributed by atoms with Crippen LogP contribution >= 0.6 is 0 Å². The monoisotopic (exact) mass is 316 g/mol. The molecule has 5 heteroatoms. The van der Waals surface area contributed by atoms with Crippen LogP contribution in [0, 0.1) is 0 Å². The van der Waals surface area contributed by atoms with Crippen LogP contribution in [0.1, 0.15) is 23.2 Å². The summed E-state index contributed by atoms with van der Waals surface area (Å²) in [5.74, 6) is 0.642. The van der Waals surface area contributed by atoms with E-state index in [9.17, 15) is 4.79 Å². The van der Waals surface area contributed by atoms with Gasteiger partial charge in [-0.3, -0.25) is 9.78 Å². The number of nitrogens with zero attached hydrogens (tertiary/aromatic N) is 3. The number of hydrogen-bond donors (Lipinski definition) is 1. The molecule has 3 aromatic heterocycles. The summed E-state index contributed by atoms with van der Waals surface area (Å²) in [7, 11) is 0. The third-order valence-corrected chi connectivity index (χ3v) is 4.03. The highest BCUT2D eigenvalue weighted by Crippen LogP contribution is 2.22. The Bertz CT molecular complexity index is 1050. The van der Waals surface area contributed by atoms with Gasteiger partial charge in [-0.2, -0.15) is 0 Å². The van der Waals surface area contributed by atoms with Gasteiger partial charge in [-0.1, -0.05) is 31.2 Å². The summed E-state index contributed by atoms with van der Waals surface area (Å²) in [6.07, 6.45) is 4.41. The van der Waals surface area contributed by atoms with Gasteiger partial charge in [0.15, 0.2) is 5.69 Å². The first kappa shape index (κ1) is 14.4. The summed E-state index contributed by atoms with van der Waals surface area (Å²) >= 11 is 0. The third kappa shape index (κ3) is 2.31. The number of anilines is 1. The average Bonchev–Trinajstić information content (AvgIpc) is 3.01. The number of fused-ring (bicyclic) bond motifs is 2. The molecule has 5 nitrogen and oxygen atoms in total. The highest BCUT2D eigenvalue weighted by Gasteiger charge is 2.17. The lowest BCUT2D eigenvalue weighted by Crippen LogP contribution is -2.13. The maximum Gasteiger partial charge on any atom is 0.276 e. The molecule has 0 spiro atoms. The Morgan fingerprint density at radius 2 is 2.00 bits per heavy atom. The van der Waals surface area contributed by atoms with Gasteiger partial charge in [0, 0.05) is 24.2 Å². The summed E-state index contributed by atoms with van der Waals surface area (Å²) in [6, 6.07) is 15.3. The quantitative estimate of drug-likeness (QED) is 0.627. The fourth-order valence-electron chi connectivity index (χ4n) is 2.90. The van der Waals surface area contributed by atoms with Crippen molar-refractivity contribution < 1.29 is 4.79 Å². The van der Waals surface area contributed by atoms with Gasteiger partial charge in [-0.15, -0.1) is 0 Å². The zero-order chi connectivity index (χ0) is 16.5. The minimum absolute atomic E-state index is 0.225. The molecular formula is C19H16N4O. The predicted molar refractivity (Wildman–Crippen MR) is 94.3 cm³/mol. The Hall–Kier alpha value is -3.21. The van der Waals surface area contributed by atoms with E-state index in [1.165, 1.54) is 0 Å². The minimum atomic E-state index is -0.225. The van der Waals surface area contributed by atoms with E-state index in [-0.39, 0.29) is 5.91 Å². The number of amides is 1. The first-order valence-corrected chi connectivity index (χ1v) is 7.89. The molecule has 0 bridgehead atoms. The summed E-state index contributed by atoms with van der Waals surface area (Å²) in [4.78, 5) is 21.7. The molecule has 0 saturated carbocycles.